The SMILES string of the molecule is CC(=O)Nc1cccc(-c2ncnc3[nH]ccc23)c1. The summed E-state index contributed by atoms with van der Waals surface area (Å²) in [7, 11) is 0. The summed E-state index contributed by atoms with van der Waals surface area (Å²) >= 11 is 0. The molecule has 0 aliphatic carbocycles. The number of aromatic amines is 1. The number of hydrogen-bond acceptors (Lipinski definition) is 3. The molecule has 2 aromatic heterocycles. The van der Waals surface area contributed by atoms with Crippen LogP contribution in [0.3, 0.4) is 0 Å². The Morgan fingerprint density at radius 2 is 2.16 bits per heavy atom. The van der Waals surface area contributed by atoms with E-state index in [-0.39, 0.29) is 5.91 Å². The van der Waals surface area contributed by atoms with Crippen LogP contribution in [0.25, 0.3) is 22.3 Å². The predicted octanol–water partition coefficient (Wildman–Crippen LogP) is 2.58. The van der Waals surface area contributed by atoms with Crippen LogP contribution >= 0.6 is 0 Å². The first-order chi connectivity index (χ1) is 9.24. The molecule has 0 saturated carbocycles. The van der Waals surface area contributed by atoms with Crippen molar-refractivity contribution in [1.82, 2.24) is 15.0 Å². The van der Waals surface area contributed by atoms with Crippen molar-refractivity contribution in [3.63, 3.8) is 0 Å². The molecule has 5 nitrogen and oxygen atoms in total. The molecule has 0 radical (unpaired) electrons. The molecule has 0 spiro atoms. The summed E-state index contributed by atoms with van der Waals surface area (Å²) in [5.74, 6) is -0.0911. The molecule has 1 aromatic carbocycles. The topological polar surface area (TPSA) is 70.7 Å². The number of H-pyrrole nitrogens is 1. The third kappa shape index (κ3) is 2.18. The average molecular weight is 252 g/mol. The molecular weight excluding hydrogens is 240 g/mol. The van der Waals surface area contributed by atoms with Gasteiger partial charge in [0.05, 0.1) is 5.69 Å². The van der Waals surface area contributed by atoms with E-state index in [4.69, 9.17) is 0 Å². The van der Waals surface area contributed by atoms with Gasteiger partial charge in [0.15, 0.2) is 0 Å². The van der Waals surface area contributed by atoms with Gasteiger partial charge < -0.3 is 10.3 Å². The van der Waals surface area contributed by atoms with Gasteiger partial charge in [-0.1, -0.05) is 12.1 Å². The van der Waals surface area contributed by atoms with E-state index in [0.29, 0.717) is 0 Å². The maximum Gasteiger partial charge on any atom is 0.221 e. The van der Waals surface area contributed by atoms with E-state index in [1.165, 1.54) is 13.3 Å². The monoisotopic (exact) mass is 252 g/mol. The first-order valence-electron chi connectivity index (χ1n) is 5.90. The zero-order chi connectivity index (χ0) is 13.2. The molecule has 1 amide bonds. The van der Waals surface area contributed by atoms with E-state index in [1.54, 1.807) is 0 Å². The lowest BCUT2D eigenvalue weighted by atomic mass is 10.1. The van der Waals surface area contributed by atoms with Gasteiger partial charge in [0.1, 0.15) is 12.0 Å². The smallest absolute Gasteiger partial charge is 0.221 e. The Morgan fingerprint density at radius 1 is 1.26 bits per heavy atom. The Bertz CT molecular complexity index is 748. The number of carbonyl (C=O) groups is 1. The molecule has 0 aliphatic heterocycles. The van der Waals surface area contributed by atoms with Crippen LogP contribution in [0.4, 0.5) is 5.69 Å². The van der Waals surface area contributed by atoms with Crippen molar-refractivity contribution in [2.24, 2.45) is 0 Å². The van der Waals surface area contributed by atoms with Crippen molar-refractivity contribution in [1.29, 1.82) is 0 Å². The number of benzene rings is 1. The van der Waals surface area contributed by atoms with Crippen LogP contribution in [0.2, 0.25) is 0 Å². The van der Waals surface area contributed by atoms with Crippen molar-refractivity contribution in [2.75, 3.05) is 5.32 Å². The Morgan fingerprint density at radius 3 is 3.00 bits per heavy atom. The maximum atomic E-state index is 11.1. The lowest BCUT2D eigenvalue weighted by Crippen LogP contribution is -2.05. The lowest BCUT2D eigenvalue weighted by Gasteiger charge is -2.06. The Balaban J connectivity index is 2.11. The van der Waals surface area contributed by atoms with Crippen molar-refractivity contribution < 1.29 is 4.79 Å². The summed E-state index contributed by atoms with van der Waals surface area (Å²) in [4.78, 5) is 22.6. The fourth-order valence-electron chi connectivity index (χ4n) is 2.05. The minimum Gasteiger partial charge on any atom is -0.346 e. The van der Waals surface area contributed by atoms with Crippen molar-refractivity contribution in [2.45, 2.75) is 6.92 Å². The third-order valence-corrected chi connectivity index (χ3v) is 2.81. The van der Waals surface area contributed by atoms with Gasteiger partial charge in [0.25, 0.3) is 0 Å². The number of rotatable bonds is 2. The fraction of sp³-hybridized carbons (Fsp3) is 0.0714. The van der Waals surface area contributed by atoms with Crippen molar-refractivity contribution in [3.05, 3.63) is 42.9 Å². The number of fused-ring (bicyclic) bond motifs is 1. The highest BCUT2D eigenvalue weighted by Gasteiger charge is 2.07. The third-order valence-electron chi connectivity index (χ3n) is 2.81. The van der Waals surface area contributed by atoms with E-state index >= 15 is 0 Å². The first-order valence-corrected chi connectivity index (χ1v) is 5.90. The van der Waals surface area contributed by atoms with Crippen LogP contribution in [0.15, 0.2) is 42.9 Å². The van der Waals surface area contributed by atoms with Gasteiger partial charge in [0.2, 0.25) is 5.91 Å². The quantitative estimate of drug-likeness (QED) is 0.736. The molecule has 0 fully saturated rings. The van der Waals surface area contributed by atoms with Gasteiger partial charge in [-0.15, -0.1) is 0 Å². The minimum atomic E-state index is -0.0911. The standard InChI is InChI=1S/C14H12N4O/c1-9(19)18-11-4-2-3-10(7-11)13-12-5-6-15-14(12)17-8-16-13/h2-8H,1H3,(H,18,19)(H,15,16,17). The van der Waals surface area contributed by atoms with Crippen LogP contribution in [-0.2, 0) is 4.79 Å². The van der Waals surface area contributed by atoms with Gasteiger partial charge in [-0.2, -0.15) is 0 Å². The van der Waals surface area contributed by atoms with E-state index in [9.17, 15) is 4.79 Å². The Hall–Kier alpha value is -2.69. The first kappa shape index (κ1) is 11.4. The summed E-state index contributed by atoms with van der Waals surface area (Å²) in [5, 5.41) is 3.73. The second-order valence-corrected chi connectivity index (χ2v) is 4.22. The van der Waals surface area contributed by atoms with Gasteiger partial charge in [-0.05, 0) is 18.2 Å². The van der Waals surface area contributed by atoms with E-state index in [1.807, 2.05) is 36.5 Å². The summed E-state index contributed by atoms with van der Waals surface area (Å²) in [6, 6.07) is 9.54. The molecule has 0 saturated heterocycles. The zero-order valence-corrected chi connectivity index (χ0v) is 10.3. The number of amides is 1. The molecule has 0 aliphatic rings. The largest absolute Gasteiger partial charge is 0.346 e. The Kier molecular flexibility index (Phi) is 2.72. The van der Waals surface area contributed by atoms with E-state index in [0.717, 1.165) is 28.0 Å². The van der Waals surface area contributed by atoms with Crippen molar-refractivity contribution >= 4 is 22.6 Å². The van der Waals surface area contributed by atoms with Crippen LogP contribution in [0, 0.1) is 0 Å². The molecular formula is C14H12N4O. The summed E-state index contributed by atoms with van der Waals surface area (Å²) < 4.78 is 0. The maximum absolute atomic E-state index is 11.1. The van der Waals surface area contributed by atoms with Crippen LogP contribution in [-0.4, -0.2) is 20.9 Å². The average Bonchev–Trinajstić information content (AvgIpc) is 2.86. The van der Waals surface area contributed by atoms with Crippen LogP contribution < -0.4 is 5.32 Å². The fourth-order valence-corrected chi connectivity index (χ4v) is 2.05. The molecule has 94 valence electrons. The number of nitrogens with zero attached hydrogens (tertiary/aromatic N) is 2. The minimum absolute atomic E-state index is 0.0911. The molecule has 3 rings (SSSR count). The second-order valence-electron chi connectivity index (χ2n) is 4.22. The normalized spacial score (nSPS) is 10.6. The molecule has 19 heavy (non-hydrogen) atoms. The van der Waals surface area contributed by atoms with Gasteiger partial charge >= 0.3 is 0 Å². The second kappa shape index (κ2) is 4.53. The van der Waals surface area contributed by atoms with Crippen molar-refractivity contribution in [3.8, 4) is 11.3 Å². The molecule has 0 atom stereocenters. The van der Waals surface area contributed by atoms with Crippen LogP contribution in [0.1, 0.15) is 6.92 Å². The Labute approximate surface area is 109 Å². The van der Waals surface area contributed by atoms with E-state index in [2.05, 4.69) is 20.3 Å². The highest BCUT2D eigenvalue weighted by molar-refractivity contribution is 5.93. The van der Waals surface area contributed by atoms with Gasteiger partial charge in [-0.25, -0.2) is 9.97 Å². The number of carbonyl (C=O) groups excluding carboxylic acids is 1. The molecule has 2 N–H and O–H groups in total. The number of hydrogen-bond donors (Lipinski definition) is 2. The zero-order valence-electron chi connectivity index (χ0n) is 10.3. The van der Waals surface area contributed by atoms with Gasteiger partial charge in [0, 0.05) is 29.8 Å². The highest BCUT2D eigenvalue weighted by Crippen LogP contribution is 2.26. The number of anilines is 1. The molecule has 0 unspecified atom stereocenters. The molecule has 3 aromatic rings. The molecule has 0 bridgehead atoms. The highest BCUT2D eigenvalue weighted by atomic mass is 16.1. The molecule has 5 heteroatoms. The summed E-state index contributed by atoms with van der Waals surface area (Å²) in [6.45, 7) is 1.49. The summed E-state index contributed by atoms with van der Waals surface area (Å²) in [6.07, 6.45) is 3.36. The predicted molar refractivity (Wildman–Crippen MR) is 73.6 cm³/mol. The van der Waals surface area contributed by atoms with E-state index < -0.39 is 0 Å². The summed E-state index contributed by atoms with van der Waals surface area (Å²) in [5.41, 5.74) is 3.35. The number of nitrogens with one attached hydrogen (secondary N) is 2. The number of aromatic nitrogens is 3. The molecule has 2 heterocycles. The van der Waals surface area contributed by atoms with Gasteiger partial charge in [-0.3, -0.25) is 4.79 Å². The lowest BCUT2D eigenvalue weighted by molar-refractivity contribution is -0.114. The van der Waals surface area contributed by atoms with Crippen LogP contribution in [0.5, 0.6) is 0 Å².